The number of amides is 1. The highest BCUT2D eigenvalue weighted by molar-refractivity contribution is 6.13. The Morgan fingerprint density at radius 3 is 2.60 bits per heavy atom. The largest absolute Gasteiger partial charge is 0.467 e. The van der Waals surface area contributed by atoms with Crippen LogP contribution in [0.2, 0.25) is 0 Å². The number of ether oxygens (including phenoxy) is 1. The van der Waals surface area contributed by atoms with Crippen LogP contribution in [0.15, 0.2) is 30.7 Å². The molecule has 0 spiro atoms. The van der Waals surface area contributed by atoms with E-state index in [2.05, 4.69) is 56.4 Å². The van der Waals surface area contributed by atoms with Crippen molar-refractivity contribution in [1.82, 2.24) is 30.0 Å². The van der Waals surface area contributed by atoms with Crippen molar-refractivity contribution in [1.29, 1.82) is 0 Å². The maximum Gasteiger partial charge on any atom is 0.316 e. The molecule has 2 aliphatic heterocycles. The Bertz CT molecular complexity index is 1190. The van der Waals surface area contributed by atoms with Crippen LogP contribution >= 0.6 is 0 Å². The number of benzene rings is 1. The van der Waals surface area contributed by atoms with Gasteiger partial charge in [-0.1, -0.05) is 0 Å². The van der Waals surface area contributed by atoms with Gasteiger partial charge >= 0.3 is 6.01 Å². The lowest BCUT2D eigenvalue weighted by Crippen LogP contribution is -2.54. The smallest absolute Gasteiger partial charge is 0.316 e. The highest BCUT2D eigenvalue weighted by Crippen LogP contribution is 2.31. The third-order valence-corrected chi connectivity index (χ3v) is 6.95. The van der Waals surface area contributed by atoms with E-state index in [-0.39, 0.29) is 11.9 Å². The summed E-state index contributed by atoms with van der Waals surface area (Å²) in [6.45, 7) is 8.20. The number of hydrogen-bond acceptors (Lipinski definition) is 8. The predicted molar refractivity (Wildman–Crippen MR) is 136 cm³/mol. The fourth-order valence-electron chi connectivity index (χ4n) is 5.23. The lowest BCUT2D eigenvalue weighted by molar-refractivity contribution is 0.102. The molecule has 186 valence electrons. The van der Waals surface area contributed by atoms with E-state index in [1.807, 2.05) is 23.0 Å². The zero-order chi connectivity index (χ0) is 24.5. The Morgan fingerprint density at radius 1 is 1.14 bits per heavy atom. The van der Waals surface area contributed by atoms with E-state index >= 15 is 0 Å². The summed E-state index contributed by atoms with van der Waals surface area (Å²) < 4.78 is 7.25. The number of anilines is 2. The normalized spacial score (nSPS) is 21.9. The molecule has 2 N–H and O–H groups in total. The minimum atomic E-state index is -0.229. The fraction of sp³-hybridized carbons (Fsp3) is 0.520. The third kappa shape index (κ3) is 4.94. The first-order valence-electron chi connectivity index (χ1n) is 12.3. The van der Waals surface area contributed by atoms with Gasteiger partial charge in [-0.2, -0.15) is 10.1 Å². The van der Waals surface area contributed by atoms with Gasteiger partial charge in [-0.05, 0) is 59.0 Å². The van der Waals surface area contributed by atoms with E-state index < -0.39 is 0 Å². The van der Waals surface area contributed by atoms with Crippen LogP contribution in [0.4, 0.5) is 11.4 Å². The average Bonchev–Trinajstić information content (AvgIpc) is 3.31. The van der Waals surface area contributed by atoms with Crippen LogP contribution in [0, 0.1) is 0 Å². The van der Waals surface area contributed by atoms with E-state index in [1.165, 1.54) is 7.11 Å². The number of methoxy groups -OCH3 is 1. The molecule has 1 aromatic carbocycles. The first kappa shape index (κ1) is 23.5. The lowest BCUT2D eigenvalue weighted by Gasteiger charge is -2.38. The van der Waals surface area contributed by atoms with Crippen molar-refractivity contribution in [3.63, 3.8) is 0 Å². The summed E-state index contributed by atoms with van der Waals surface area (Å²) >= 11 is 0. The van der Waals surface area contributed by atoms with E-state index in [9.17, 15) is 4.79 Å². The molecule has 5 rings (SSSR count). The summed E-state index contributed by atoms with van der Waals surface area (Å²) in [5, 5.41) is 11.9. The summed E-state index contributed by atoms with van der Waals surface area (Å²) in [6, 6.07) is 5.16. The second kappa shape index (κ2) is 9.79. The zero-order valence-electron chi connectivity index (χ0n) is 20.9. The van der Waals surface area contributed by atoms with Crippen LogP contribution in [0.5, 0.6) is 6.01 Å². The zero-order valence-corrected chi connectivity index (χ0v) is 20.9. The summed E-state index contributed by atoms with van der Waals surface area (Å²) in [7, 11) is 3.67. The van der Waals surface area contributed by atoms with Crippen molar-refractivity contribution in [3.8, 4) is 6.01 Å². The van der Waals surface area contributed by atoms with E-state index in [1.54, 1.807) is 12.4 Å². The Kier molecular flexibility index (Phi) is 6.57. The molecule has 10 nitrogen and oxygen atoms in total. The van der Waals surface area contributed by atoms with Crippen molar-refractivity contribution in [2.24, 2.45) is 0 Å². The average molecular weight is 479 g/mol. The third-order valence-electron chi connectivity index (χ3n) is 6.95. The molecule has 0 bridgehead atoms. The monoisotopic (exact) mass is 478 g/mol. The van der Waals surface area contributed by atoms with Gasteiger partial charge in [-0.15, -0.1) is 0 Å². The summed E-state index contributed by atoms with van der Waals surface area (Å²) in [5.74, 6) is -0.229. The van der Waals surface area contributed by atoms with Crippen LogP contribution in [0.25, 0.3) is 10.9 Å². The van der Waals surface area contributed by atoms with Crippen LogP contribution < -0.4 is 20.3 Å². The highest BCUT2D eigenvalue weighted by atomic mass is 16.5. The van der Waals surface area contributed by atoms with Crippen LogP contribution in [0.1, 0.15) is 43.1 Å². The Labute approximate surface area is 205 Å². The van der Waals surface area contributed by atoms with Gasteiger partial charge in [0.15, 0.2) is 0 Å². The van der Waals surface area contributed by atoms with Crippen molar-refractivity contribution in [2.45, 2.75) is 44.8 Å². The predicted octanol–water partition coefficient (Wildman–Crippen LogP) is 2.54. The molecule has 0 aliphatic carbocycles. The number of carbonyl (C=O) groups is 1. The molecule has 2 saturated heterocycles. The van der Waals surface area contributed by atoms with Crippen molar-refractivity contribution >= 4 is 28.2 Å². The Hall–Kier alpha value is -3.24. The maximum absolute atomic E-state index is 13.4. The van der Waals surface area contributed by atoms with Gasteiger partial charge in [0.25, 0.3) is 5.91 Å². The Balaban J connectivity index is 1.42. The summed E-state index contributed by atoms with van der Waals surface area (Å²) in [6.07, 6.45) is 7.49. The first-order chi connectivity index (χ1) is 16.9. The number of piperidine rings is 1. The van der Waals surface area contributed by atoms with Gasteiger partial charge in [0.2, 0.25) is 0 Å². The molecule has 0 radical (unpaired) electrons. The molecule has 3 aromatic rings. The van der Waals surface area contributed by atoms with E-state index in [4.69, 9.17) is 4.74 Å². The Morgan fingerprint density at radius 2 is 1.89 bits per heavy atom. The number of likely N-dealkylation sites (tertiary alicyclic amines) is 1. The highest BCUT2D eigenvalue weighted by Gasteiger charge is 2.25. The van der Waals surface area contributed by atoms with Gasteiger partial charge in [0, 0.05) is 48.6 Å². The molecular formula is C25H34N8O2. The standard InChI is InChI=1S/C25H34N8O2/c1-16-13-32(14-17(2)28-16)22-6-5-20(23-21(22)12-26-25(30-23)35-4)24(34)29-18-11-27-33(15-18)19-7-9-31(3)10-8-19/h5-6,11-12,15-17,19,28H,7-10,13-14H2,1-4H3,(H,29,34)/t16-,17+. The van der Waals surface area contributed by atoms with Crippen LogP contribution in [-0.4, -0.2) is 83.0 Å². The maximum atomic E-state index is 13.4. The van der Waals surface area contributed by atoms with Gasteiger partial charge in [-0.3, -0.25) is 9.48 Å². The molecule has 2 fully saturated rings. The number of fused-ring (bicyclic) bond motifs is 1. The van der Waals surface area contributed by atoms with Crippen molar-refractivity contribution in [3.05, 3.63) is 36.3 Å². The number of hydrogen-bond donors (Lipinski definition) is 2. The second-order valence-corrected chi connectivity index (χ2v) is 9.82. The molecule has 2 aromatic heterocycles. The minimum absolute atomic E-state index is 0.229. The van der Waals surface area contributed by atoms with E-state index in [0.717, 1.165) is 50.1 Å². The molecule has 0 unspecified atom stereocenters. The number of carbonyl (C=O) groups excluding carboxylic acids is 1. The number of piperazine rings is 1. The van der Waals surface area contributed by atoms with Gasteiger partial charge < -0.3 is 25.2 Å². The molecule has 1 amide bonds. The number of aromatic nitrogens is 4. The topological polar surface area (TPSA) is 100 Å². The molecule has 35 heavy (non-hydrogen) atoms. The fourth-order valence-corrected chi connectivity index (χ4v) is 5.23. The van der Waals surface area contributed by atoms with Gasteiger partial charge in [0.1, 0.15) is 0 Å². The number of nitrogens with zero attached hydrogens (tertiary/aromatic N) is 6. The lowest BCUT2D eigenvalue weighted by atomic mass is 10.0. The summed E-state index contributed by atoms with van der Waals surface area (Å²) in [4.78, 5) is 26.9. The minimum Gasteiger partial charge on any atom is -0.467 e. The summed E-state index contributed by atoms with van der Waals surface area (Å²) in [5.41, 5.74) is 2.76. The molecule has 0 saturated carbocycles. The second-order valence-electron chi connectivity index (χ2n) is 9.82. The van der Waals surface area contributed by atoms with Crippen LogP contribution in [-0.2, 0) is 0 Å². The first-order valence-corrected chi connectivity index (χ1v) is 12.3. The SMILES string of the molecule is COc1ncc2c(N3C[C@@H](C)N[C@@H](C)C3)ccc(C(=O)Nc3cnn(C4CCN(C)CC4)c3)c2n1. The molecular weight excluding hydrogens is 444 g/mol. The van der Waals surface area contributed by atoms with Crippen molar-refractivity contribution in [2.75, 3.05) is 50.6 Å². The number of rotatable bonds is 5. The van der Waals surface area contributed by atoms with Crippen LogP contribution in [0.3, 0.4) is 0 Å². The molecule has 2 aliphatic rings. The number of nitrogens with one attached hydrogen (secondary N) is 2. The van der Waals surface area contributed by atoms with Crippen molar-refractivity contribution < 1.29 is 9.53 Å². The quantitative estimate of drug-likeness (QED) is 0.577. The molecule has 4 heterocycles. The van der Waals surface area contributed by atoms with E-state index in [0.29, 0.717) is 34.9 Å². The molecule has 2 atom stereocenters. The van der Waals surface area contributed by atoms with Gasteiger partial charge in [0.05, 0.1) is 36.1 Å². The molecule has 10 heteroatoms. The van der Waals surface area contributed by atoms with Gasteiger partial charge in [-0.25, -0.2) is 4.98 Å².